The molecule has 0 heterocycles. The Labute approximate surface area is 152 Å². The van der Waals surface area contributed by atoms with Gasteiger partial charge in [-0.25, -0.2) is 4.79 Å². The number of hydrogen-bond donors (Lipinski definition) is 0. The smallest absolute Gasteiger partial charge is 0.341 e. The summed E-state index contributed by atoms with van der Waals surface area (Å²) in [5.41, 5.74) is 2.39. The fourth-order valence-electron chi connectivity index (χ4n) is 3.72. The second-order valence-corrected chi connectivity index (χ2v) is 15.5. The van der Waals surface area contributed by atoms with Crippen molar-refractivity contribution in [3.63, 3.8) is 0 Å². The van der Waals surface area contributed by atoms with Gasteiger partial charge in [-0.05, 0) is 35.7 Å². The Balaban J connectivity index is 3.40. The standard InChI is InChI=1S/C19H32O3SSi/c1-9-22-19(20)16-11-10-12-17(18(16)21-8)23-24(13(2)3,14(4)5)15(6)7/h10-15H,9H2,1-8H3. The number of para-hydroxylation sites is 1. The molecule has 0 aliphatic carbocycles. The van der Waals surface area contributed by atoms with Gasteiger partial charge in [-0.3, -0.25) is 0 Å². The zero-order valence-electron chi connectivity index (χ0n) is 16.3. The first kappa shape index (κ1) is 21.1. The number of esters is 1. The zero-order valence-corrected chi connectivity index (χ0v) is 18.1. The molecule has 0 unspecified atom stereocenters. The molecule has 3 nitrogen and oxygen atoms in total. The van der Waals surface area contributed by atoms with E-state index in [9.17, 15) is 4.79 Å². The van der Waals surface area contributed by atoms with Gasteiger partial charge in [0.05, 0.1) is 13.7 Å². The first-order valence-electron chi connectivity index (χ1n) is 8.75. The summed E-state index contributed by atoms with van der Waals surface area (Å²) in [7, 11) is -0.0773. The van der Waals surface area contributed by atoms with Gasteiger partial charge in [0, 0.05) is 4.90 Å². The predicted molar refractivity (Wildman–Crippen MR) is 106 cm³/mol. The van der Waals surface area contributed by atoms with Crippen LogP contribution in [-0.2, 0) is 4.74 Å². The first-order chi connectivity index (χ1) is 11.2. The molecule has 1 aromatic carbocycles. The van der Waals surface area contributed by atoms with Crippen LogP contribution in [0.4, 0.5) is 0 Å². The lowest BCUT2D eigenvalue weighted by atomic mass is 10.2. The van der Waals surface area contributed by atoms with Gasteiger partial charge in [-0.2, -0.15) is 0 Å². The average Bonchev–Trinajstić information content (AvgIpc) is 2.51. The van der Waals surface area contributed by atoms with Crippen LogP contribution in [-0.4, -0.2) is 26.9 Å². The highest BCUT2D eigenvalue weighted by Gasteiger charge is 2.44. The largest absolute Gasteiger partial charge is 0.495 e. The van der Waals surface area contributed by atoms with Crippen LogP contribution in [0.1, 0.15) is 58.8 Å². The van der Waals surface area contributed by atoms with E-state index in [4.69, 9.17) is 9.47 Å². The highest BCUT2D eigenvalue weighted by molar-refractivity contribution is 8.29. The minimum Gasteiger partial charge on any atom is -0.495 e. The van der Waals surface area contributed by atoms with Gasteiger partial charge in [-0.1, -0.05) is 47.6 Å². The maximum absolute atomic E-state index is 12.2. The number of carbonyl (C=O) groups is 1. The summed E-state index contributed by atoms with van der Waals surface area (Å²) in [6, 6.07) is 5.78. The van der Waals surface area contributed by atoms with E-state index in [1.165, 1.54) is 0 Å². The summed E-state index contributed by atoms with van der Waals surface area (Å²) in [4.78, 5) is 13.3. The van der Waals surface area contributed by atoms with Gasteiger partial charge in [0.15, 0.2) is 0 Å². The number of ether oxygens (including phenoxy) is 2. The van der Waals surface area contributed by atoms with Crippen molar-refractivity contribution < 1.29 is 14.3 Å². The monoisotopic (exact) mass is 368 g/mol. The Bertz CT molecular complexity index is 534. The van der Waals surface area contributed by atoms with Crippen molar-refractivity contribution in [1.29, 1.82) is 0 Å². The molecule has 0 aromatic heterocycles. The van der Waals surface area contributed by atoms with Crippen molar-refractivity contribution in [2.24, 2.45) is 0 Å². The average molecular weight is 369 g/mol. The predicted octanol–water partition coefficient (Wildman–Crippen LogP) is 6.14. The summed E-state index contributed by atoms with van der Waals surface area (Å²) in [6.45, 7) is 16.2. The van der Waals surface area contributed by atoms with Crippen molar-refractivity contribution in [3.8, 4) is 5.75 Å². The second-order valence-electron chi connectivity index (χ2n) is 6.98. The molecule has 0 saturated heterocycles. The fraction of sp³-hybridized carbons (Fsp3) is 0.632. The lowest BCUT2D eigenvalue weighted by Crippen LogP contribution is -2.41. The maximum atomic E-state index is 12.2. The summed E-state index contributed by atoms with van der Waals surface area (Å²) in [5.74, 6) is 0.336. The molecule has 0 aliphatic heterocycles. The van der Waals surface area contributed by atoms with Crippen LogP contribution in [0, 0.1) is 0 Å². The van der Waals surface area contributed by atoms with Gasteiger partial charge in [0.25, 0.3) is 0 Å². The first-order valence-corrected chi connectivity index (χ1v) is 12.5. The molecule has 0 atom stereocenters. The molecule has 1 rings (SSSR count). The topological polar surface area (TPSA) is 35.5 Å². The second kappa shape index (κ2) is 8.95. The van der Waals surface area contributed by atoms with Crippen LogP contribution < -0.4 is 4.74 Å². The van der Waals surface area contributed by atoms with Crippen LogP contribution in [0.15, 0.2) is 23.1 Å². The van der Waals surface area contributed by atoms with Crippen LogP contribution in [0.2, 0.25) is 16.6 Å². The lowest BCUT2D eigenvalue weighted by Gasteiger charge is -2.42. The Kier molecular flexibility index (Phi) is 7.87. The van der Waals surface area contributed by atoms with E-state index >= 15 is 0 Å². The molecule has 0 amide bonds. The number of carbonyl (C=O) groups excluding carboxylic acids is 1. The normalized spacial score (nSPS) is 12.1. The van der Waals surface area contributed by atoms with Crippen molar-refractivity contribution in [1.82, 2.24) is 0 Å². The quantitative estimate of drug-likeness (QED) is 0.408. The van der Waals surface area contributed by atoms with Gasteiger partial charge in [-0.15, -0.1) is 11.2 Å². The molecule has 0 fully saturated rings. The molecule has 0 aliphatic rings. The summed E-state index contributed by atoms with van der Waals surface area (Å²) in [6.07, 6.45) is 0. The van der Waals surface area contributed by atoms with Gasteiger partial charge < -0.3 is 9.47 Å². The third kappa shape index (κ3) is 4.17. The molecular formula is C19H32O3SSi. The van der Waals surface area contributed by atoms with E-state index in [2.05, 4.69) is 47.6 Å². The summed E-state index contributed by atoms with van der Waals surface area (Å²) >= 11 is 1.97. The highest BCUT2D eigenvalue weighted by atomic mass is 32.4. The van der Waals surface area contributed by atoms with E-state index in [0.717, 1.165) is 4.90 Å². The van der Waals surface area contributed by atoms with Crippen molar-refractivity contribution in [3.05, 3.63) is 23.8 Å². The van der Waals surface area contributed by atoms with Crippen molar-refractivity contribution >= 4 is 24.4 Å². The van der Waals surface area contributed by atoms with E-state index < -0.39 is 7.22 Å². The SMILES string of the molecule is CCOC(=O)c1cccc(S[Si](C(C)C)(C(C)C)C(C)C)c1OC. The third-order valence-electron chi connectivity index (χ3n) is 4.67. The fourth-order valence-corrected chi connectivity index (χ4v) is 13.0. The molecule has 136 valence electrons. The van der Waals surface area contributed by atoms with Gasteiger partial charge in [0.1, 0.15) is 18.5 Å². The van der Waals surface area contributed by atoms with E-state index in [1.54, 1.807) is 13.2 Å². The van der Waals surface area contributed by atoms with Crippen LogP contribution in [0.25, 0.3) is 0 Å². The maximum Gasteiger partial charge on any atom is 0.341 e. The van der Waals surface area contributed by atoms with Crippen LogP contribution in [0.3, 0.4) is 0 Å². The Morgan fingerprint density at radius 1 is 1.08 bits per heavy atom. The van der Waals surface area contributed by atoms with E-state index in [1.807, 2.05) is 24.2 Å². The molecule has 0 radical (unpaired) electrons. The number of hydrogen-bond acceptors (Lipinski definition) is 4. The molecule has 1 aromatic rings. The highest BCUT2D eigenvalue weighted by Crippen LogP contribution is 2.53. The van der Waals surface area contributed by atoms with Crippen molar-refractivity contribution in [2.45, 2.75) is 70.0 Å². The molecule has 0 saturated carbocycles. The van der Waals surface area contributed by atoms with Crippen LogP contribution in [0.5, 0.6) is 5.75 Å². The Morgan fingerprint density at radius 2 is 1.62 bits per heavy atom. The number of benzene rings is 1. The Morgan fingerprint density at radius 3 is 2.04 bits per heavy atom. The van der Waals surface area contributed by atoms with Gasteiger partial charge in [0.2, 0.25) is 0 Å². The minimum atomic E-state index is -1.71. The molecule has 0 N–H and O–H groups in total. The lowest BCUT2D eigenvalue weighted by molar-refractivity contribution is 0.0522. The number of methoxy groups -OCH3 is 1. The third-order valence-corrected chi connectivity index (χ3v) is 16.9. The Hall–Kier alpha value is -0.943. The minimum absolute atomic E-state index is 0.317. The molecule has 24 heavy (non-hydrogen) atoms. The summed E-state index contributed by atoms with van der Waals surface area (Å²) in [5, 5.41) is 0. The molecular weight excluding hydrogens is 336 g/mol. The molecule has 0 spiro atoms. The molecule has 0 bridgehead atoms. The number of rotatable bonds is 8. The van der Waals surface area contributed by atoms with E-state index in [-0.39, 0.29) is 5.97 Å². The van der Waals surface area contributed by atoms with E-state index in [0.29, 0.717) is 34.5 Å². The van der Waals surface area contributed by atoms with Gasteiger partial charge >= 0.3 is 5.97 Å². The molecule has 5 heteroatoms. The van der Waals surface area contributed by atoms with Crippen molar-refractivity contribution in [2.75, 3.05) is 13.7 Å². The zero-order chi connectivity index (χ0) is 18.5. The summed E-state index contributed by atoms with van der Waals surface area (Å²) < 4.78 is 10.8. The van der Waals surface area contributed by atoms with Crippen LogP contribution >= 0.6 is 11.2 Å².